The van der Waals surface area contributed by atoms with Gasteiger partial charge in [-0.2, -0.15) is 0 Å². The summed E-state index contributed by atoms with van der Waals surface area (Å²) in [6.07, 6.45) is 6.49. The molecule has 1 aliphatic heterocycles. The van der Waals surface area contributed by atoms with Gasteiger partial charge >= 0.3 is 0 Å². The highest BCUT2D eigenvalue weighted by Gasteiger charge is 2.14. The summed E-state index contributed by atoms with van der Waals surface area (Å²) < 4.78 is 11.6. The van der Waals surface area contributed by atoms with E-state index in [1.54, 1.807) is 7.11 Å². The minimum atomic E-state index is 0.694. The summed E-state index contributed by atoms with van der Waals surface area (Å²) in [4.78, 5) is 10.1. The van der Waals surface area contributed by atoms with Crippen LogP contribution in [0.15, 0.2) is 12.1 Å². The number of fused-ring (bicyclic) bond motifs is 3. The summed E-state index contributed by atoms with van der Waals surface area (Å²) in [6.45, 7) is 6.23. The zero-order valence-corrected chi connectivity index (χ0v) is 14.8. The van der Waals surface area contributed by atoms with E-state index >= 15 is 0 Å². The Kier molecular flexibility index (Phi) is 4.37. The molecule has 1 aliphatic rings. The van der Waals surface area contributed by atoms with Gasteiger partial charge in [-0.25, -0.2) is 4.98 Å². The fourth-order valence-electron chi connectivity index (χ4n) is 3.64. The zero-order valence-electron chi connectivity index (χ0n) is 14.8. The fraction of sp³-hybridized carbons (Fsp3) is 0.450. The molecule has 0 radical (unpaired) electrons. The predicted molar refractivity (Wildman–Crippen MR) is 98.3 cm³/mol. The number of hydrogen-bond acceptors (Lipinski definition) is 4. The quantitative estimate of drug-likeness (QED) is 0.700. The van der Waals surface area contributed by atoms with Crippen molar-refractivity contribution in [3.8, 4) is 11.5 Å². The number of methoxy groups -OCH3 is 1. The summed E-state index contributed by atoms with van der Waals surface area (Å²) in [5.74, 6) is 1.53. The summed E-state index contributed by atoms with van der Waals surface area (Å²) in [5.41, 5.74) is 2.85. The van der Waals surface area contributed by atoms with Crippen LogP contribution in [-0.4, -0.2) is 48.2 Å². The third kappa shape index (κ3) is 3.10. The summed E-state index contributed by atoms with van der Waals surface area (Å²) in [5, 5.41) is 2.14. The molecule has 2 aromatic heterocycles. The van der Waals surface area contributed by atoms with Crippen molar-refractivity contribution in [2.45, 2.75) is 26.2 Å². The Balaban J connectivity index is 1.55. The molecule has 3 heterocycles. The van der Waals surface area contributed by atoms with Gasteiger partial charge in [0.25, 0.3) is 0 Å². The molecule has 1 aromatic carbocycles. The SMILES string of the molecule is COc1cc2c(cc1OCCCN1CCCC1)[nH]c1c#cnc(C)c12. The molecule has 1 fully saturated rings. The van der Waals surface area contributed by atoms with Crippen molar-refractivity contribution >= 4 is 21.8 Å². The fourth-order valence-corrected chi connectivity index (χ4v) is 3.64. The molecule has 0 amide bonds. The molecule has 0 spiro atoms. The number of nitrogens with one attached hydrogen (secondary N) is 1. The third-order valence-electron chi connectivity index (χ3n) is 4.92. The van der Waals surface area contributed by atoms with E-state index in [1.165, 1.54) is 25.9 Å². The molecular formula is C20H23N3O2. The molecule has 25 heavy (non-hydrogen) atoms. The van der Waals surface area contributed by atoms with Crippen LogP contribution in [0.1, 0.15) is 25.0 Å². The van der Waals surface area contributed by atoms with Crippen LogP contribution < -0.4 is 9.47 Å². The third-order valence-corrected chi connectivity index (χ3v) is 4.92. The van der Waals surface area contributed by atoms with Gasteiger partial charge in [-0.15, -0.1) is 0 Å². The number of hydrogen-bond donors (Lipinski definition) is 1. The minimum Gasteiger partial charge on any atom is -0.493 e. The second kappa shape index (κ2) is 6.81. The molecule has 0 atom stereocenters. The van der Waals surface area contributed by atoms with Crippen LogP contribution in [0, 0.1) is 19.2 Å². The molecule has 0 aliphatic carbocycles. The zero-order chi connectivity index (χ0) is 17.2. The predicted octanol–water partition coefficient (Wildman–Crippen LogP) is 3.50. The maximum atomic E-state index is 6.02. The van der Waals surface area contributed by atoms with E-state index in [4.69, 9.17) is 9.47 Å². The first-order valence-electron chi connectivity index (χ1n) is 8.91. The Labute approximate surface area is 147 Å². The van der Waals surface area contributed by atoms with Crippen LogP contribution in [0.4, 0.5) is 0 Å². The number of nitrogens with zero attached hydrogens (tertiary/aromatic N) is 2. The Morgan fingerprint density at radius 1 is 1.24 bits per heavy atom. The average Bonchev–Trinajstić information content (AvgIpc) is 3.25. The molecule has 0 saturated carbocycles. The number of rotatable bonds is 6. The Morgan fingerprint density at radius 2 is 2.08 bits per heavy atom. The second-order valence-electron chi connectivity index (χ2n) is 6.61. The maximum absolute atomic E-state index is 6.02. The van der Waals surface area contributed by atoms with Crippen LogP contribution in [0.2, 0.25) is 0 Å². The van der Waals surface area contributed by atoms with E-state index in [1.807, 2.05) is 19.1 Å². The van der Waals surface area contributed by atoms with Gasteiger partial charge < -0.3 is 19.4 Å². The smallest absolute Gasteiger partial charge is 0.163 e. The van der Waals surface area contributed by atoms with Crippen molar-refractivity contribution in [1.82, 2.24) is 14.9 Å². The molecular weight excluding hydrogens is 314 g/mol. The van der Waals surface area contributed by atoms with Gasteiger partial charge in [0.05, 0.1) is 24.9 Å². The number of aromatic amines is 1. The largest absolute Gasteiger partial charge is 0.493 e. The lowest BCUT2D eigenvalue weighted by molar-refractivity contribution is 0.254. The van der Waals surface area contributed by atoms with Crippen molar-refractivity contribution in [1.29, 1.82) is 0 Å². The Bertz CT molecular complexity index is 881. The van der Waals surface area contributed by atoms with Gasteiger partial charge in [0.15, 0.2) is 11.5 Å². The average molecular weight is 337 g/mol. The van der Waals surface area contributed by atoms with E-state index < -0.39 is 0 Å². The van der Waals surface area contributed by atoms with E-state index in [-0.39, 0.29) is 0 Å². The first-order valence-corrected chi connectivity index (χ1v) is 8.91. The molecule has 0 bridgehead atoms. The minimum absolute atomic E-state index is 0.694. The van der Waals surface area contributed by atoms with E-state index in [2.05, 4.69) is 27.1 Å². The van der Waals surface area contributed by atoms with Crippen LogP contribution in [0.25, 0.3) is 21.8 Å². The standard InChI is InChI=1S/C20H23N3O2/c1-14-20-15-12-18(24-2)19(13-17(15)22-16(20)6-7-21-14)25-11-5-10-23-8-3-4-9-23/h12-13,22H,3-5,8-11H2,1-2H3. The second-order valence-corrected chi connectivity index (χ2v) is 6.61. The maximum Gasteiger partial charge on any atom is 0.163 e. The Hall–Kier alpha value is -2.45. The molecule has 1 N–H and O–H groups in total. The highest BCUT2D eigenvalue weighted by Crippen LogP contribution is 2.36. The van der Waals surface area contributed by atoms with Crippen LogP contribution in [0.3, 0.4) is 0 Å². The van der Waals surface area contributed by atoms with Crippen molar-refractivity contribution in [3.05, 3.63) is 30.1 Å². The van der Waals surface area contributed by atoms with Gasteiger partial charge in [-0.1, -0.05) is 0 Å². The Morgan fingerprint density at radius 3 is 2.88 bits per heavy atom. The molecule has 4 rings (SSSR count). The highest BCUT2D eigenvalue weighted by molar-refractivity contribution is 6.08. The topological polar surface area (TPSA) is 50.4 Å². The van der Waals surface area contributed by atoms with E-state index in [0.717, 1.165) is 52.0 Å². The van der Waals surface area contributed by atoms with Crippen molar-refractivity contribution in [3.63, 3.8) is 0 Å². The first-order chi connectivity index (χ1) is 12.3. The van der Waals surface area contributed by atoms with E-state index in [0.29, 0.717) is 6.61 Å². The van der Waals surface area contributed by atoms with Gasteiger partial charge in [-0.3, -0.25) is 0 Å². The van der Waals surface area contributed by atoms with Crippen molar-refractivity contribution in [2.75, 3.05) is 33.4 Å². The van der Waals surface area contributed by atoms with Crippen LogP contribution in [0.5, 0.6) is 11.5 Å². The molecule has 5 nitrogen and oxygen atoms in total. The monoisotopic (exact) mass is 337 g/mol. The lowest BCUT2D eigenvalue weighted by Gasteiger charge is -2.15. The summed E-state index contributed by atoms with van der Waals surface area (Å²) in [6, 6.07) is 7.07. The normalized spacial score (nSPS) is 15.0. The number of likely N-dealkylation sites (tertiary alicyclic amines) is 1. The van der Waals surface area contributed by atoms with Crippen LogP contribution in [-0.2, 0) is 0 Å². The van der Waals surface area contributed by atoms with Crippen molar-refractivity contribution in [2.24, 2.45) is 0 Å². The van der Waals surface area contributed by atoms with Gasteiger partial charge in [0.1, 0.15) is 5.52 Å². The number of benzene rings is 1. The molecule has 130 valence electrons. The number of aromatic nitrogens is 2. The number of ether oxygens (including phenoxy) is 2. The van der Waals surface area contributed by atoms with Crippen molar-refractivity contribution < 1.29 is 9.47 Å². The number of aryl methyl sites for hydroxylation is 1. The van der Waals surface area contributed by atoms with Crippen LogP contribution >= 0.6 is 0 Å². The lowest BCUT2D eigenvalue weighted by atomic mass is 10.1. The molecule has 5 heteroatoms. The molecule has 3 aromatic rings. The molecule has 1 saturated heterocycles. The van der Waals surface area contributed by atoms with Gasteiger partial charge in [-0.05, 0) is 51.4 Å². The van der Waals surface area contributed by atoms with Gasteiger partial charge in [0, 0.05) is 29.6 Å². The summed E-state index contributed by atoms with van der Waals surface area (Å²) in [7, 11) is 1.68. The highest BCUT2D eigenvalue weighted by atomic mass is 16.5. The molecule has 0 unspecified atom stereocenters. The summed E-state index contributed by atoms with van der Waals surface area (Å²) >= 11 is 0. The number of H-pyrrole nitrogens is 1. The van der Waals surface area contributed by atoms with E-state index in [9.17, 15) is 0 Å². The lowest BCUT2D eigenvalue weighted by Crippen LogP contribution is -2.21. The first kappa shape index (κ1) is 16.0. The van der Waals surface area contributed by atoms with Gasteiger partial charge in [0.2, 0.25) is 0 Å².